The van der Waals surface area contributed by atoms with Gasteiger partial charge in [0.15, 0.2) is 0 Å². The number of nitriles is 1. The molecule has 0 fully saturated rings. The van der Waals surface area contributed by atoms with Crippen molar-refractivity contribution in [2.75, 3.05) is 0 Å². The smallest absolute Gasteiger partial charge is 0.205 e. The monoisotopic (exact) mass is 379 g/mol. The highest BCUT2D eigenvalue weighted by atomic mass is 79.9. The van der Waals surface area contributed by atoms with Crippen LogP contribution < -0.4 is 10.5 Å². The summed E-state index contributed by atoms with van der Waals surface area (Å²) in [7, 11) is 1.99. The quantitative estimate of drug-likeness (QED) is 0.690. The maximum absolute atomic E-state index is 9.62. The number of aromatic nitrogens is 1. The van der Waals surface area contributed by atoms with Crippen LogP contribution in [0.5, 0.6) is 5.75 Å². The number of halogens is 1. The molecule has 1 unspecified atom stereocenters. The maximum Gasteiger partial charge on any atom is 0.205 e. The third-order valence-electron chi connectivity index (χ3n) is 4.43. The zero-order valence-electron chi connectivity index (χ0n) is 13.0. The standard InChI is InChI=1S/C19H14BrN3O/c1-23-8-7-13-16(23)6-5-14-17(11-3-2-4-12(20)9-11)15(10-21)19(22)24-18(13)14/h2-9,17H,22H2,1H3. The summed E-state index contributed by atoms with van der Waals surface area (Å²) >= 11 is 3.50. The molecule has 0 bridgehead atoms. The van der Waals surface area contributed by atoms with E-state index in [1.54, 1.807) is 0 Å². The summed E-state index contributed by atoms with van der Waals surface area (Å²) in [6.45, 7) is 0. The molecule has 0 saturated heterocycles. The zero-order valence-corrected chi connectivity index (χ0v) is 14.5. The Morgan fingerprint density at radius 1 is 1.25 bits per heavy atom. The predicted octanol–water partition coefficient (Wildman–Crippen LogP) is 4.16. The molecule has 0 saturated carbocycles. The second kappa shape index (κ2) is 5.43. The van der Waals surface area contributed by atoms with Crippen LogP contribution in [-0.2, 0) is 7.05 Å². The minimum Gasteiger partial charge on any atom is -0.439 e. The number of fused-ring (bicyclic) bond motifs is 3. The van der Waals surface area contributed by atoms with Gasteiger partial charge < -0.3 is 15.0 Å². The van der Waals surface area contributed by atoms with Gasteiger partial charge in [0.2, 0.25) is 5.88 Å². The van der Waals surface area contributed by atoms with Crippen LogP contribution in [0.15, 0.2) is 64.6 Å². The van der Waals surface area contributed by atoms with Crippen LogP contribution in [0.2, 0.25) is 0 Å². The highest BCUT2D eigenvalue weighted by molar-refractivity contribution is 9.10. The Balaban J connectivity index is 2.02. The average Bonchev–Trinajstić information content (AvgIpc) is 2.95. The predicted molar refractivity (Wildman–Crippen MR) is 96.4 cm³/mol. The summed E-state index contributed by atoms with van der Waals surface area (Å²) < 4.78 is 8.85. The van der Waals surface area contributed by atoms with Crippen LogP contribution in [-0.4, -0.2) is 4.57 Å². The number of nitrogens with two attached hydrogens (primary N) is 1. The lowest BCUT2D eigenvalue weighted by Crippen LogP contribution is -2.21. The molecule has 1 aromatic heterocycles. The Morgan fingerprint density at radius 3 is 2.83 bits per heavy atom. The number of rotatable bonds is 1. The first-order valence-corrected chi connectivity index (χ1v) is 8.30. The Kier molecular flexibility index (Phi) is 3.36. The molecule has 1 aliphatic rings. The molecule has 1 atom stereocenters. The lowest BCUT2D eigenvalue weighted by Gasteiger charge is -2.27. The molecule has 2 N–H and O–H groups in total. The topological polar surface area (TPSA) is 64.0 Å². The number of aryl methyl sites for hydroxylation is 1. The maximum atomic E-state index is 9.62. The van der Waals surface area contributed by atoms with Gasteiger partial charge in [-0.2, -0.15) is 5.26 Å². The van der Waals surface area contributed by atoms with E-state index >= 15 is 0 Å². The lowest BCUT2D eigenvalue weighted by molar-refractivity contribution is 0.398. The molecule has 5 heteroatoms. The highest BCUT2D eigenvalue weighted by Crippen LogP contribution is 2.45. The van der Waals surface area contributed by atoms with E-state index in [1.165, 1.54) is 0 Å². The summed E-state index contributed by atoms with van der Waals surface area (Å²) in [5.74, 6) is 0.668. The molecule has 0 aliphatic carbocycles. The van der Waals surface area contributed by atoms with E-state index in [-0.39, 0.29) is 11.8 Å². The van der Waals surface area contributed by atoms with Crippen molar-refractivity contribution in [1.82, 2.24) is 4.57 Å². The first kappa shape index (κ1) is 14.9. The molecular weight excluding hydrogens is 366 g/mol. The highest BCUT2D eigenvalue weighted by Gasteiger charge is 2.32. The van der Waals surface area contributed by atoms with Crippen LogP contribution in [0.1, 0.15) is 17.0 Å². The van der Waals surface area contributed by atoms with Gasteiger partial charge in [-0.05, 0) is 29.8 Å². The summed E-state index contributed by atoms with van der Waals surface area (Å²) in [4.78, 5) is 0. The van der Waals surface area contributed by atoms with E-state index in [0.717, 1.165) is 32.3 Å². The number of benzene rings is 2. The molecule has 2 aromatic carbocycles. The van der Waals surface area contributed by atoms with Crippen molar-refractivity contribution >= 4 is 26.8 Å². The number of ether oxygens (including phenoxy) is 1. The fraction of sp³-hybridized carbons (Fsp3) is 0.105. The van der Waals surface area contributed by atoms with Crippen LogP contribution in [0.25, 0.3) is 10.9 Å². The number of hydrogen-bond acceptors (Lipinski definition) is 3. The van der Waals surface area contributed by atoms with Gasteiger partial charge in [0, 0.05) is 28.7 Å². The first-order valence-electron chi connectivity index (χ1n) is 7.51. The summed E-state index contributed by atoms with van der Waals surface area (Å²) in [6, 6.07) is 16.2. The van der Waals surface area contributed by atoms with Gasteiger partial charge in [-0.25, -0.2) is 0 Å². The van der Waals surface area contributed by atoms with Gasteiger partial charge >= 0.3 is 0 Å². The zero-order chi connectivity index (χ0) is 16.8. The van der Waals surface area contributed by atoms with Gasteiger partial charge in [0.1, 0.15) is 17.4 Å². The molecule has 3 aromatic rings. The Morgan fingerprint density at radius 2 is 2.08 bits per heavy atom. The number of hydrogen-bond donors (Lipinski definition) is 1. The van der Waals surface area contributed by atoms with Gasteiger partial charge in [0.05, 0.1) is 11.4 Å². The van der Waals surface area contributed by atoms with Crippen molar-refractivity contribution in [2.24, 2.45) is 12.8 Å². The van der Waals surface area contributed by atoms with Gasteiger partial charge in [-0.3, -0.25) is 0 Å². The Bertz CT molecular complexity index is 1040. The third kappa shape index (κ3) is 2.11. The minimum atomic E-state index is -0.235. The Hall–Kier alpha value is -2.71. The SMILES string of the molecule is Cn1ccc2c3c(ccc21)C(c1cccc(Br)c1)C(C#N)=C(N)O3. The Labute approximate surface area is 147 Å². The molecule has 1 aliphatic heterocycles. The molecule has 0 radical (unpaired) electrons. The molecule has 4 rings (SSSR count). The summed E-state index contributed by atoms with van der Waals surface area (Å²) in [5, 5.41) is 10.6. The van der Waals surface area contributed by atoms with E-state index in [9.17, 15) is 5.26 Å². The van der Waals surface area contributed by atoms with Crippen LogP contribution in [0.4, 0.5) is 0 Å². The molecular formula is C19H14BrN3O. The second-order valence-corrected chi connectivity index (χ2v) is 6.74. The molecule has 118 valence electrons. The van der Waals surface area contributed by atoms with Crippen molar-refractivity contribution in [3.8, 4) is 11.8 Å². The molecule has 0 spiro atoms. The van der Waals surface area contributed by atoms with Crippen molar-refractivity contribution < 1.29 is 4.74 Å². The average molecular weight is 380 g/mol. The van der Waals surface area contributed by atoms with Crippen molar-refractivity contribution in [3.05, 3.63) is 75.7 Å². The normalized spacial score (nSPS) is 16.6. The molecule has 4 nitrogen and oxygen atoms in total. The van der Waals surface area contributed by atoms with Crippen LogP contribution >= 0.6 is 15.9 Å². The fourth-order valence-corrected chi connectivity index (χ4v) is 3.71. The van der Waals surface area contributed by atoms with Crippen LogP contribution in [0, 0.1) is 11.3 Å². The van der Waals surface area contributed by atoms with E-state index in [4.69, 9.17) is 10.5 Å². The van der Waals surface area contributed by atoms with Crippen molar-refractivity contribution in [2.45, 2.75) is 5.92 Å². The second-order valence-electron chi connectivity index (χ2n) is 5.82. The van der Waals surface area contributed by atoms with E-state index in [0.29, 0.717) is 5.57 Å². The van der Waals surface area contributed by atoms with Gasteiger partial charge in [-0.15, -0.1) is 0 Å². The lowest BCUT2D eigenvalue weighted by atomic mass is 9.83. The van der Waals surface area contributed by atoms with Crippen molar-refractivity contribution in [3.63, 3.8) is 0 Å². The largest absolute Gasteiger partial charge is 0.439 e. The van der Waals surface area contributed by atoms with Gasteiger partial charge in [-0.1, -0.05) is 34.1 Å². The molecule has 0 amide bonds. The van der Waals surface area contributed by atoms with E-state index < -0.39 is 0 Å². The summed E-state index contributed by atoms with van der Waals surface area (Å²) in [5.41, 5.74) is 9.55. The first-order chi connectivity index (χ1) is 11.6. The minimum absolute atomic E-state index is 0.173. The molecule has 24 heavy (non-hydrogen) atoms. The third-order valence-corrected chi connectivity index (χ3v) is 4.92. The van der Waals surface area contributed by atoms with Crippen LogP contribution in [0.3, 0.4) is 0 Å². The number of allylic oxidation sites excluding steroid dienone is 1. The number of nitrogens with zero attached hydrogens (tertiary/aromatic N) is 2. The molecule has 2 heterocycles. The van der Waals surface area contributed by atoms with E-state index in [2.05, 4.69) is 28.1 Å². The summed E-state index contributed by atoms with van der Waals surface area (Å²) in [6.07, 6.45) is 1.99. The fourth-order valence-electron chi connectivity index (χ4n) is 3.30. The van der Waals surface area contributed by atoms with Crippen molar-refractivity contribution in [1.29, 1.82) is 5.26 Å². The van der Waals surface area contributed by atoms with E-state index in [1.807, 2.05) is 54.2 Å². The van der Waals surface area contributed by atoms with Gasteiger partial charge in [0.25, 0.3) is 0 Å².